The highest BCUT2D eigenvalue weighted by molar-refractivity contribution is 14.1. The molecule has 0 saturated heterocycles. The predicted molar refractivity (Wildman–Crippen MR) is 139 cm³/mol. The maximum absolute atomic E-state index is 12.9. The molecule has 1 aliphatic rings. The Morgan fingerprint density at radius 1 is 0.750 bits per heavy atom. The first kappa shape index (κ1) is 20.9. The fourth-order valence-corrected chi connectivity index (χ4v) is 8.50. The number of aromatic hydroxyl groups is 2. The van der Waals surface area contributed by atoms with E-state index in [1.54, 1.807) is 30.3 Å². The Kier molecular flexibility index (Phi) is 5.77. The summed E-state index contributed by atoms with van der Waals surface area (Å²) in [7, 11) is 0. The van der Waals surface area contributed by atoms with Crippen LogP contribution in [0.15, 0.2) is 48.5 Å². The van der Waals surface area contributed by atoms with Gasteiger partial charge in [-0.2, -0.15) is 0 Å². The molecule has 2 N–H and O–H groups in total. The SMILES string of the molecule is O=C1OC(c2c(I)cc(O)cc2I)(c2c(I)cc(O)cc2I)c2ccccc21. The lowest BCUT2D eigenvalue weighted by Gasteiger charge is -2.33. The van der Waals surface area contributed by atoms with Crippen molar-refractivity contribution in [2.24, 2.45) is 0 Å². The Morgan fingerprint density at radius 3 is 1.64 bits per heavy atom. The number of hydrogen-bond acceptors (Lipinski definition) is 4. The van der Waals surface area contributed by atoms with Crippen molar-refractivity contribution in [1.82, 2.24) is 0 Å². The molecular weight excluding hydrogens is 812 g/mol. The van der Waals surface area contributed by atoms with Crippen LogP contribution in [0.3, 0.4) is 0 Å². The second kappa shape index (κ2) is 7.72. The summed E-state index contributed by atoms with van der Waals surface area (Å²) in [5, 5.41) is 20.1. The number of rotatable bonds is 2. The Morgan fingerprint density at radius 2 is 1.18 bits per heavy atom. The van der Waals surface area contributed by atoms with Crippen LogP contribution in [0.1, 0.15) is 27.0 Å². The van der Waals surface area contributed by atoms with Crippen LogP contribution in [0.25, 0.3) is 0 Å². The zero-order valence-electron chi connectivity index (χ0n) is 13.8. The van der Waals surface area contributed by atoms with Crippen molar-refractivity contribution in [3.63, 3.8) is 0 Å². The van der Waals surface area contributed by atoms with Crippen molar-refractivity contribution in [2.45, 2.75) is 5.60 Å². The Balaban J connectivity index is 2.20. The van der Waals surface area contributed by atoms with E-state index in [4.69, 9.17) is 4.74 Å². The fourth-order valence-electron chi connectivity index (χ4n) is 3.51. The zero-order chi connectivity index (χ0) is 20.2. The molecule has 28 heavy (non-hydrogen) atoms. The van der Waals surface area contributed by atoms with Crippen LogP contribution in [0.4, 0.5) is 0 Å². The van der Waals surface area contributed by atoms with Crippen LogP contribution in [0.2, 0.25) is 0 Å². The van der Waals surface area contributed by atoms with E-state index in [1.165, 1.54) is 0 Å². The molecule has 0 bridgehead atoms. The third-order valence-electron chi connectivity index (χ3n) is 4.53. The molecule has 0 atom stereocenters. The van der Waals surface area contributed by atoms with E-state index < -0.39 is 11.6 Å². The van der Waals surface area contributed by atoms with Crippen LogP contribution in [0.5, 0.6) is 11.5 Å². The average Bonchev–Trinajstić information content (AvgIpc) is 2.87. The van der Waals surface area contributed by atoms with E-state index in [1.807, 2.05) is 18.2 Å². The molecule has 3 aromatic rings. The van der Waals surface area contributed by atoms with Gasteiger partial charge in [0.05, 0.1) is 5.56 Å². The summed E-state index contributed by atoms with van der Waals surface area (Å²) in [6.45, 7) is 0. The topological polar surface area (TPSA) is 66.8 Å². The molecule has 0 unspecified atom stereocenters. The molecule has 3 aromatic carbocycles. The second-order valence-electron chi connectivity index (χ2n) is 6.19. The van der Waals surface area contributed by atoms with Crippen LogP contribution in [-0.4, -0.2) is 16.2 Å². The van der Waals surface area contributed by atoms with Gasteiger partial charge in [0.2, 0.25) is 0 Å². The standard InChI is InChI=1S/C20H10I4O4/c21-13-5-9(25)6-14(22)17(13)20(18-15(23)7-10(26)8-16(18)24)12-4-2-1-3-11(12)19(27)28-20/h1-8,25-26H. The molecular formula is C20H10I4O4. The van der Waals surface area contributed by atoms with E-state index in [2.05, 4.69) is 90.4 Å². The molecule has 0 amide bonds. The molecule has 1 aliphatic heterocycles. The lowest BCUT2D eigenvalue weighted by atomic mass is 9.80. The third kappa shape index (κ3) is 3.21. The Hall–Kier alpha value is -0.350. The first-order valence-corrected chi connectivity index (χ1v) is 12.3. The van der Waals surface area contributed by atoms with E-state index >= 15 is 0 Å². The minimum absolute atomic E-state index is 0.153. The molecule has 0 saturated carbocycles. The number of cyclic esters (lactones) is 1. The van der Waals surface area contributed by atoms with Crippen molar-refractivity contribution in [3.8, 4) is 11.5 Å². The van der Waals surface area contributed by atoms with Gasteiger partial charge < -0.3 is 14.9 Å². The molecule has 0 fully saturated rings. The highest BCUT2D eigenvalue weighted by Crippen LogP contribution is 2.52. The molecule has 0 spiro atoms. The van der Waals surface area contributed by atoms with Gasteiger partial charge in [-0.25, -0.2) is 4.79 Å². The summed E-state index contributed by atoms with van der Waals surface area (Å²) in [4.78, 5) is 12.9. The summed E-state index contributed by atoms with van der Waals surface area (Å²) >= 11 is 8.65. The van der Waals surface area contributed by atoms with E-state index in [0.717, 1.165) is 31.0 Å². The minimum atomic E-state index is -1.17. The maximum atomic E-state index is 12.9. The number of carbonyl (C=O) groups is 1. The van der Waals surface area contributed by atoms with Crippen molar-refractivity contribution in [2.75, 3.05) is 0 Å². The third-order valence-corrected chi connectivity index (χ3v) is 7.93. The molecule has 142 valence electrons. The number of halogens is 4. The number of benzene rings is 3. The quantitative estimate of drug-likeness (QED) is 0.247. The monoisotopic (exact) mass is 822 g/mol. The van der Waals surface area contributed by atoms with E-state index in [0.29, 0.717) is 5.56 Å². The summed E-state index contributed by atoms with van der Waals surface area (Å²) in [5.41, 5.74) is 1.69. The van der Waals surface area contributed by atoms with Crippen molar-refractivity contribution in [3.05, 3.63) is 85.1 Å². The summed E-state index contributed by atoms with van der Waals surface area (Å²) in [6, 6.07) is 14.0. The number of hydrogen-bond donors (Lipinski definition) is 2. The highest BCUT2D eigenvalue weighted by atomic mass is 127. The van der Waals surface area contributed by atoms with Crippen molar-refractivity contribution < 1.29 is 19.7 Å². The molecule has 8 heteroatoms. The molecule has 4 nitrogen and oxygen atoms in total. The Bertz CT molecular complexity index is 1040. The van der Waals surface area contributed by atoms with Gasteiger partial charge >= 0.3 is 5.97 Å². The lowest BCUT2D eigenvalue weighted by molar-refractivity contribution is 0.0242. The first-order chi connectivity index (χ1) is 13.3. The average molecular weight is 822 g/mol. The van der Waals surface area contributed by atoms with Gasteiger partial charge in [-0.1, -0.05) is 18.2 Å². The van der Waals surface area contributed by atoms with Crippen molar-refractivity contribution >= 4 is 96.3 Å². The summed E-state index contributed by atoms with van der Waals surface area (Å²) in [5.74, 6) is -0.0873. The summed E-state index contributed by atoms with van der Waals surface area (Å²) in [6.07, 6.45) is 0. The minimum Gasteiger partial charge on any atom is -0.508 e. The highest BCUT2D eigenvalue weighted by Gasteiger charge is 2.52. The summed E-state index contributed by atoms with van der Waals surface area (Å²) < 4.78 is 9.31. The number of carbonyl (C=O) groups excluding carboxylic acids is 1. The number of phenols is 2. The van der Waals surface area contributed by atoms with Crippen LogP contribution >= 0.6 is 90.4 Å². The van der Waals surface area contributed by atoms with Gasteiger partial charge in [-0.3, -0.25) is 0 Å². The lowest BCUT2D eigenvalue weighted by Crippen LogP contribution is -2.33. The van der Waals surface area contributed by atoms with Gasteiger partial charge in [-0.05, 0) is 121 Å². The number of esters is 1. The van der Waals surface area contributed by atoms with E-state index in [-0.39, 0.29) is 11.5 Å². The largest absolute Gasteiger partial charge is 0.508 e. The number of fused-ring (bicyclic) bond motifs is 1. The second-order valence-corrected chi connectivity index (χ2v) is 10.8. The molecule has 0 radical (unpaired) electrons. The predicted octanol–water partition coefficient (Wildman–Crippen LogP) is 5.98. The maximum Gasteiger partial charge on any atom is 0.340 e. The van der Waals surface area contributed by atoms with Crippen LogP contribution < -0.4 is 0 Å². The normalized spacial score (nSPS) is 14.6. The molecule has 0 aromatic heterocycles. The van der Waals surface area contributed by atoms with Gasteiger partial charge in [0.15, 0.2) is 5.60 Å². The first-order valence-electron chi connectivity index (χ1n) is 7.95. The smallest absolute Gasteiger partial charge is 0.340 e. The molecule has 4 rings (SSSR count). The van der Waals surface area contributed by atoms with Gasteiger partial charge in [-0.15, -0.1) is 0 Å². The van der Waals surface area contributed by atoms with E-state index in [9.17, 15) is 15.0 Å². The van der Waals surface area contributed by atoms with Crippen LogP contribution in [0, 0.1) is 14.3 Å². The van der Waals surface area contributed by atoms with Gasteiger partial charge in [0, 0.05) is 31.0 Å². The van der Waals surface area contributed by atoms with Gasteiger partial charge in [0.25, 0.3) is 0 Å². The number of ether oxygens (including phenoxy) is 1. The molecule has 1 heterocycles. The van der Waals surface area contributed by atoms with Crippen LogP contribution in [-0.2, 0) is 10.3 Å². The Labute approximate surface area is 215 Å². The molecule has 0 aliphatic carbocycles. The van der Waals surface area contributed by atoms with Gasteiger partial charge in [0.1, 0.15) is 11.5 Å². The zero-order valence-corrected chi connectivity index (χ0v) is 22.5. The number of phenolic OH excluding ortho intramolecular Hbond substituents is 2. The fraction of sp³-hybridized carbons (Fsp3) is 0.0500. The van der Waals surface area contributed by atoms with Crippen molar-refractivity contribution in [1.29, 1.82) is 0 Å².